The van der Waals surface area contributed by atoms with E-state index in [1.807, 2.05) is 4.90 Å². The topological polar surface area (TPSA) is 52.6 Å². The van der Waals surface area contributed by atoms with E-state index in [2.05, 4.69) is 17.3 Å². The Morgan fingerprint density at radius 2 is 1.87 bits per heavy atom. The van der Waals surface area contributed by atoms with E-state index in [4.69, 9.17) is 0 Å². The van der Waals surface area contributed by atoms with Crippen molar-refractivity contribution < 1.29 is 14.0 Å². The minimum atomic E-state index is -0.387. The molecule has 2 aliphatic rings. The first-order chi connectivity index (χ1) is 11.0. The summed E-state index contributed by atoms with van der Waals surface area (Å²) < 4.78 is 12.8. The molecule has 0 radical (unpaired) electrons. The Labute approximate surface area is 135 Å². The lowest BCUT2D eigenvalue weighted by Gasteiger charge is -2.31. The van der Waals surface area contributed by atoms with Gasteiger partial charge in [-0.25, -0.2) is 4.39 Å². The summed E-state index contributed by atoms with van der Waals surface area (Å²) in [5.41, 5.74) is 0.357. The van der Waals surface area contributed by atoms with Crippen molar-refractivity contribution >= 4 is 11.8 Å². The maximum Gasteiger partial charge on any atom is 0.251 e. The van der Waals surface area contributed by atoms with Crippen molar-refractivity contribution in [2.24, 2.45) is 11.8 Å². The smallest absolute Gasteiger partial charge is 0.251 e. The van der Waals surface area contributed by atoms with Crippen LogP contribution in [0.5, 0.6) is 0 Å². The van der Waals surface area contributed by atoms with E-state index in [9.17, 15) is 14.0 Å². The van der Waals surface area contributed by atoms with Gasteiger partial charge in [0, 0.05) is 25.2 Å². The fourth-order valence-corrected chi connectivity index (χ4v) is 3.53. The van der Waals surface area contributed by atoms with Gasteiger partial charge in [0.15, 0.2) is 0 Å². The summed E-state index contributed by atoms with van der Waals surface area (Å²) in [5, 5.41) is 2.62. The van der Waals surface area contributed by atoms with Gasteiger partial charge in [0.2, 0.25) is 5.91 Å². The van der Waals surface area contributed by atoms with Crippen LogP contribution in [0.15, 0.2) is 24.3 Å². The third-order valence-corrected chi connectivity index (χ3v) is 4.86. The predicted octanol–water partition coefficient (Wildman–Crippen LogP) is 0.966. The highest BCUT2D eigenvalue weighted by Gasteiger charge is 2.37. The molecule has 6 heteroatoms. The molecule has 5 nitrogen and oxygen atoms in total. The van der Waals surface area contributed by atoms with Gasteiger partial charge < -0.3 is 15.1 Å². The molecule has 1 aromatic rings. The van der Waals surface area contributed by atoms with Crippen LogP contribution >= 0.6 is 0 Å². The summed E-state index contributed by atoms with van der Waals surface area (Å²) in [6.45, 7) is 3.69. The molecule has 2 atom stereocenters. The lowest BCUT2D eigenvalue weighted by atomic mass is 9.89. The molecule has 2 amide bonds. The van der Waals surface area contributed by atoms with Crippen molar-refractivity contribution in [1.82, 2.24) is 15.1 Å². The number of piperidine rings is 1. The second-order valence-corrected chi connectivity index (χ2v) is 6.56. The van der Waals surface area contributed by atoms with E-state index in [1.165, 1.54) is 24.3 Å². The molecule has 0 aliphatic carbocycles. The molecular formula is C17H22FN3O2. The Morgan fingerprint density at radius 3 is 2.61 bits per heavy atom. The third-order valence-electron chi connectivity index (χ3n) is 4.86. The van der Waals surface area contributed by atoms with E-state index in [1.54, 1.807) is 0 Å². The SMILES string of the molecule is CN1CC[C@@H]2CN(C(=O)CNC(=O)c3ccc(F)cc3)C[C@@H]2C1. The van der Waals surface area contributed by atoms with Gasteiger partial charge in [-0.2, -0.15) is 0 Å². The number of halogens is 1. The minimum Gasteiger partial charge on any atom is -0.343 e. The number of nitrogens with one attached hydrogen (secondary N) is 1. The number of amides is 2. The second kappa shape index (κ2) is 6.66. The van der Waals surface area contributed by atoms with Gasteiger partial charge in [0.25, 0.3) is 5.91 Å². The van der Waals surface area contributed by atoms with Gasteiger partial charge >= 0.3 is 0 Å². The zero-order valence-corrected chi connectivity index (χ0v) is 13.3. The zero-order valence-electron chi connectivity index (χ0n) is 13.3. The standard InChI is InChI=1S/C17H22FN3O2/c1-20-7-6-13-10-21(11-14(13)9-20)16(22)8-19-17(23)12-2-4-15(18)5-3-12/h2-5,13-14H,6-11H2,1H3,(H,19,23)/t13-,14+/m1/s1. The van der Waals surface area contributed by atoms with Gasteiger partial charge in [-0.3, -0.25) is 9.59 Å². The van der Waals surface area contributed by atoms with Crippen molar-refractivity contribution in [3.8, 4) is 0 Å². The van der Waals surface area contributed by atoms with Crippen LogP contribution in [0, 0.1) is 17.7 Å². The van der Waals surface area contributed by atoms with E-state index >= 15 is 0 Å². The average Bonchev–Trinajstić information content (AvgIpc) is 2.96. The Kier molecular flexibility index (Phi) is 4.61. The van der Waals surface area contributed by atoms with Crippen molar-refractivity contribution in [1.29, 1.82) is 0 Å². The van der Waals surface area contributed by atoms with Gasteiger partial charge in [-0.05, 0) is 56.1 Å². The van der Waals surface area contributed by atoms with Crippen molar-refractivity contribution in [3.63, 3.8) is 0 Å². The van der Waals surface area contributed by atoms with Crippen LogP contribution in [0.1, 0.15) is 16.8 Å². The summed E-state index contributed by atoms with van der Waals surface area (Å²) in [6.07, 6.45) is 1.13. The molecule has 1 N–H and O–H groups in total. The number of rotatable bonds is 3. The van der Waals surface area contributed by atoms with Crippen LogP contribution in [0.25, 0.3) is 0 Å². The number of benzene rings is 1. The number of carbonyl (C=O) groups excluding carboxylic acids is 2. The average molecular weight is 319 g/mol. The summed E-state index contributed by atoms with van der Waals surface area (Å²) in [6, 6.07) is 5.29. The normalized spacial score (nSPS) is 24.3. The number of nitrogens with zero attached hydrogens (tertiary/aromatic N) is 2. The Hall–Kier alpha value is -1.95. The number of likely N-dealkylation sites (tertiary alicyclic amines) is 2. The fraction of sp³-hybridized carbons (Fsp3) is 0.529. The Morgan fingerprint density at radius 1 is 1.17 bits per heavy atom. The summed E-state index contributed by atoms with van der Waals surface area (Å²) in [4.78, 5) is 28.4. The molecule has 2 fully saturated rings. The summed E-state index contributed by atoms with van der Waals surface area (Å²) in [5.74, 6) is 0.350. The van der Waals surface area contributed by atoms with Crippen LogP contribution in [0.2, 0.25) is 0 Å². The molecular weight excluding hydrogens is 297 g/mol. The molecule has 2 aliphatic heterocycles. The Bertz CT molecular complexity index is 590. The van der Waals surface area contributed by atoms with Crippen LogP contribution < -0.4 is 5.32 Å². The molecule has 2 heterocycles. The lowest BCUT2D eigenvalue weighted by molar-refractivity contribution is -0.129. The number of carbonyl (C=O) groups is 2. The van der Waals surface area contributed by atoms with Crippen LogP contribution in [-0.4, -0.2) is 61.4 Å². The first-order valence-electron chi connectivity index (χ1n) is 8.03. The number of hydrogen-bond acceptors (Lipinski definition) is 3. The summed E-state index contributed by atoms with van der Waals surface area (Å²) >= 11 is 0. The molecule has 0 saturated carbocycles. The molecule has 23 heavy (non-hydrogen) atoms. The van der Waals surface area contributed by atoms with Gasteiger partial charge in [-0.1, -0.05) is 0 Å². The van der Waals surface area contributed by atoms with E-state index in [0.717, 1.165) is 32.6 Å². The third kappa shape index (κ3) is 3.69. The van der Waals surface area contributed by atoms with Gasteiger partial charge in [-0.15, -0.1) is 0 Å². The highest BCUT2D eigenvalue weighted by molar-refractivity contribution is 5.96. The first kappa shape index (κ1) is 15.9. The maximum atomic E-state index is 12.8. The molecule has 3 rings (SSSR count). The number of hydrogen-bond donors (Lipinski definition) is 1. The largest absolute Gasteiger partial charge is 0.343 e. The van der Waals surface area contributed by atoms with Gasteiger partial charge in [0.1, 0.15) is 5.82 Å². The van der Waals surface area contributed by atoms with Crippen molar-refractivity contribution in [2.45, 2.75) is 6.42 Å². The first-order valence-corrected chi connectivity index (χ1v) is 8.03. The minimum absolute atomic E-state index is 0.00844. The van der Waals surface area contributed by atoms with E-state index < -0.39 is 0 Å². The molecule has 1 aromatic carbocycles. The Balaban J connectivity index is 1.50. The molecule has 2 saturated heterocycles. The highest BCUT2D eigenvalue weighted by Crippen LogP contribution is 2.30. The van der Waals surface area contributed by atoms with Crippen LogP contribution in [0.3, 0.4) is 0 Å². The maximum absolute atomic E-state index is 12.8. The molecule has 0 unspecified atom stereocenters. The summed E-state index contributed by atoms with van der Waals surface area (Å²) in [7, 11) is 2.11. The van der Waals surface area contributed by atoms with E-state index in [-0.39, 0.29) is 24.2 Å². The highest BCUT2D eigenvalue weighted by atomic mass is 19.1. The molecule has 124 valence electrons. The quantitative estimate of drug-likeness (QED) is 0.903. The lowest BCUT2D eigenvalue weighted by Crippen LogP contribution is -2.39. The fourth-order valence-electron chi connectivity index (χ4n) is 3.53. The van der Waals surface area contributed by atoms with Crippen molar-refractivity contribution in [2.75, 3.05) is 39.8 Å². The zero-order chi connectivity index (χ0) is 16.4. The monoisotopic (exact) mass is 319 g/mol. The number of fused-ring (bicyclic) bond motifs is 1. The van der Waals surface area contributed by atoms with Gasteiger partial charge in [0.05, 0.1) is 6.54 Å². The van der Waals surface area contributed by atoms with Crippen molar-refractivity contribution in [3.05, 3.63) is 35.6 Å². The van der Waals surface area contributed by atoms with Crippen LogP contribution in [-0.2, 0) is 4.79 Å². The van der Waals surface area contributed by atoms with Crippen LogP contribution in [0.4, 0.5) is 4.39 Å². The predicted molar refractivity (Wildman–Crippen MR) is 84.4 cm³/mol. The molecule has 0 spiro atoms. The molecule has 0 bridgehead atoms. The second-order valence-electron chi connectivity index (χ2n) is 6.56. The van der Waals surface area contributed by atoms with E-state index in [0.29, 0.717) is 17.4 Å². The molecule has 0 aromatic heterocycles.